The van der Waals surface area contributed by atoms with Crippen LogP contribution in [0.3, 0.4) is 0 Å². The van der Waals surface area contributed by atoms with E-state index in [4.69, 9.17) is 5.73 Å². The number of carbonyl (C=O) groups excluding carboxylic acids is 1. The molecule has 1 aromatic heterocycles. The van der Waals surface area contributed by atoms with Gasteiger partial charge in [0.05, 0.1) is 17.9 Å². The highest BCUT2D eigenvalue weighted by molar-refractivity contribution is 5.96. The number of hydrogen-bond acceptors (Lipinski definition) is 4. The number of nitrogens with zero attached hydrogens (tertiary/aromatic N) is 2. The number of anilines is 1. The average molecular weight is 332 g/mol. The van der Waals surface area contributed by atoms with E-state index in [1.807, 2.05) is 50.2 Å². The third-order valence-corrected chi connectivity index (χ3v) is 3.98. The van der Waals surface area contributed by atoms with Gasteiger partial charge in [0.2, 0.25) is 0 Å². The van der Waals surface area contributed by atoms with Crippen LogP contribution in [-0.4, -0.2) is 15.9 Å². The highest BCUT2D eigenvalue weighted by Crippen LogP contribution is 2.24. The zero-order valence-corrected chi connectivity index (χ0v) is 14.2. The third-order valence-electron chi connectivity index (χ3n) is 3.98. The molecule has 126 valence electrons. The smallest absolute Gasteiger partial charge is 0.251 e. The summed E-state index contributed by atoms with van der Waals surface area (Å²) < 4.78 is 0. The molecule has 1 heterocycles. The largest absolute Gasteiger partial charge is 0.399 e. The molecule has 0 saturated heterocycles. The minimum atomic E-state index is -0.245. The van der Waals surface area contributed by atoms with Gasteiger partial charge in [-0.2, -0.15) is 0 Å². The lowest BCUT2D eigenvalue weighted by Crippen LogP contribution is -2.27. The molecule has 0 bridgehead atoms. The monoisotopic (exact) mass is 332 g/mol. The lowest BCUT2D eigenvalue weighted by molar-refractivity contribution is 0.0939. The van der Waals surface area contributed by atoms with Crippen molar-refractivity contribution < 1.29 is 4.79 Å². The van der Waals surface area contributed by atoms with Gasteiger partial charge in [-0.1, -0.05) is 29.8 Å². The lowest BCUT2D eigenvalue weighted by atomic mass is 10.0. The molecule has 5 nitrogen and oxygen atoms in total. The molecular weight excluding hydrogens is 312 g/mol. The first-order valence-electron chi connectivity index (χ1n) is 8.07. The molecule has 3 N–H and O–H groups in total. The van der Waals surface area contributed by atoms with E-state index in [-0.39, 0.29) is 11.9 Å². The fourth-order valence-corrected chi connectivity index (χ4v) is 2.58. The summed E-state index contributed by atoms with van der Waals surface area (Å²) >= 11 is 0. The van der Waals surface area contributed by atoms with Gasteiger partial charge in [-0.3, -0.25) is 14.8 Å². The van der Waals surface area contributed by atoms with Crippen LogP contribution in [-0.2, 0) is 0 Å². The third kappa shape index (κ3) is 4.01. The zero-order chi connectivity index (χ0) is 17.8. The van der Waals surface area contributed by atoms with Crippen molar-refractivity contribution in [2.75, 3.05) is 5.73 Å². The van der Waals surface area contributed by atoms with Gasteiger partial charge < -0.3 is 11.1 Å². The summed E-state index contributed by atoms with van der Waals surface area (Å²) in [5, 5.41) is 2.93. The van der Waals surface area contributed by atoms with Crippen LogP contribution in [0.1, 0.15) is 34.6 Å². The number of carbonyl (C=O) groups is 1. The second-order valence-corrected chi connectivity index (χ2v) is 6.04. The Balaban J connectivity index is 1.84. The maximum atomic E-state index is 12.6. The molecule has 0 aliphatic heterocycles. The van der Waals surface area contributed by atoms with E-state index in [1.54, 1.807) is 24.7 Å². The number of nitrogen functional groups attached to an aromatic ring is 1. The Morgan fingerprint density at radius 3 is 2.52 bits per heavy atom. The number of nitrogens with one attached hydrogen (secondary N) is 1. The van der Waals surface area contributed by atoms with Gasteiger partial charge in [-0.25, -0.2) is 0 Å². The van der Waals surface area contributed by atoms with Crippen LogP contribution in [0.15, 0.2) is 61.1 Å². The predicted molar refractivity (Wildman–Crippen MR) is 98.9 cm³/mol. The number of benzene rings is 2. The summed E-state index contributed by atoms with van der Waals surface area (Å²) in [5.74, 6) is -0.196. The van der Waals surface area contributed by atoms with Crippen molar-refractivity contribution >= 4 is 11.6 Å². The van der Waals surface area contributed by atoms with Gasteiger partial charge in [0.25, 0.3) is 5.91 Å². The molecule has 5 heteroatoms. The highest BCUT2D eigenvalue weighted by atomic mass is 16.1. The fraction of sp³-hybridized carbons (Fsp3) is 0.150. The second kappa shape index (κ2) is 7.13. The van der Waals surface area contributed by atoms with E-state index >= 15 is 0 Å². The van der Waals surface area contributed by atoms with Gasteiger partial charge in [-0.05, 0) is 43.2 Å². The van der Waals surface area contributed by atoms with E-state index in [9.17, 15) is 4.79 Å². The Morgan fingerprint density at radius 2 is 1.84 bits per heavy atom. The molecule has 0 fully saturated rings. The minimum absolute atomic E-state index is 0.196. The standard InChI is InChI=1S/C20H20N4O/c1-13-3-5-15(6-4-13)16-9-17(11-18(21)10-16)20(25)24-14(2)19-12-22-7-8-23-19/h3-12,14H,21H2,1-2H3,(H,24,25). The Labute approximate surface area is 146 Å². The number of rotatable bonds is 4. The molecule has 0 saturated carbocycles. The van der Waals surface area contributed by atoms with Gasteiger partial charge in [0.15, 0.2) is 0 Å². The normalized spacial score (nSPS) is 11.8. The molecule has 1 atom stereocenters. The first-order chi connectivity index (χ1) is 12.0. The lowest BCUT2D eigenvalue weighted by Gasteiger charge is -2.14. The van der Waals surface area contributed by atoms with Crippen molar-refractivity contribution in [2.24, 2.45) is 0 Å². The molecule has 3 aromatic rings. The van der Waals surface area contributed by atoms with Crippen molar-refractivity contribution in [1.82, 2.24) is 15.3 Å². The Kier molecular flexibility index (Phi) is 4.75. The van der Waals surface area contributed by atoms with Crippen molar-refractivity contribution in [3.05, 3.63) is 77.9 Å². The summed E-state index contributed by atoms with van der Waals surface area (Å²) in [7, 11) is 0. The number of hydrogen-bond donors (Lipinski definition) is 2. The zero-order valence-electron chi connectivity index (χ0n) is 14.2. The van der Waals surface area contributed by atoms with Gasteiger partial charge in [-0.15, -0.1) is 0 Å². The number of aromatic nitrogens is 2. The minimum Gasteiger partial charge on any atom is -0.399 e. The molecule has 0 spiro atoms. The number of amides is 1. The summed E-state index contributed by atoms with van der Waals surface area (Å²) in [6.45, 7) is 3.91. The SMILES string of the molecule is Cc1ccc(-c2cc(N)cc(C(=O)NC(C)c3cnccn3)c2)cc1. The quantitative estimate of drug-likeness (QED) is 0.716. The van der Waals surface area contributed by atoms with E-state index in [2.05, 4.69) is 15.3 Å². The maximum absolute atomic E-state index is 12.6. The van der Waals surface area contributed by atoms with Crippen molar-refractivity contribution in [2.45, 2.75) is 19.9 Å². The van der Waals surface area contributed by atoms with Crippen LogP contribution < -0.4 is 11.1 Å². The average Bonchev–Trinajstić information content (AvgIpc) is 2.62. The fourth-order valence-electron chi connectivity index (χ4n) is 2.58. The topological polar surface area (TPSA) is 80.9 Å². The van der Waals surface area contributed by atoms with Crippen molar-refractivity contribution in [3.63, 3.8) is 0 Å². The molecule has 1 amide bonds. The molecule has 3 rings (SSSR count). The van der Waals surface area contributed by atoms with Crippen LogP contribution in [0, 0.1) is 6.92 Å². The summed E-state index contributed by atoms with van der Waals surface area (Å²) in [6, 6.07) is 13.3. The highest BCUT2D eigenvalue weighted by Gasteiger charge is 2.14. The van der Waals surface area contributed by atoms with Crippen LogP contribution in [0.25, 0.3) is 11.1 Å². The van der Waals surface area contributed by atoms with Crippen LogP contribution >= 0.6 is 0 Å². The predicted octanol–water partition coefficient (Wildman–Crippen LogP) is 3.53. The Bertz CT molecular complexity index is 876. The van der Waals surface area contributed by atoms with Crippen LogP contribution in [0.5, 0.6) is 0 Å². The Hall–Kier alpha value is -3.21. The number of aryl methyl sites for hydroxylation is 1. The van der Waals surface area contributed by atoms with Crippen LogP contribution in [0.4, 0.5) is 5.69 Å². The molecular formula is C20H20N4O. The number of nitrogens with two attached hydrogens (primary N) is 1. The van der Waals surface area contributed by atoms with E-state index in [0.717, 1.165) is 11.1 Å². The van der Waals surface area contributed by atoms with E-state index < -0.39 is 0 Å². The van der Waals surface area contributed by atoms with Gasteiger partial charge in [0, 0.05) is 23.6 Å². The van der Waals surface area contributed by atoms with Gasteiger partial charge >= 0.3 is 0 Å². The molecule has 2 aromatic carbocycles. The first-order valence-corrected chi connectivity index (χ1v) is 8.07. The molecule has 0 aliphatic carbocycles. The first kappa shape index (κ1) is 16.6. The van der Waals surface area contributed by atoms with Gasteiger partial charge in [0.1, 0.15) is 0 Å². The van der Waals surface area contributed by atoms with E-state index in [0.29, 0.717) is 16.9 Å². The molecule has 1 unspecified atom stereocenters. The van der Waals surface area contributed by atoms with Crippen molar-refractivity contribution in [3.8, 4) is 11.1 Å². The molecule has 25 heavy (non-hydrogen) atoms. The maximum Gasteiger partial charge on any atom is 0.251 e. The Morgan fingerprint density at radius 1 is 1.08 bits per heavy atom. The van der Waals surface area contributed by atoms with E-state index in [1.165, 1.54) is 5.56 Å². The van der Waals surface area contributed by atoms with Crippen LogP contribution in [0.2, 0.25) is 0 Å². The molecule has 0 aliphatic rings. The summed E-state index contributed by atoms with van der Waals surface area (Å²) in [5.41, 5.74) is 10.9. The van der Waals surface area contributed by atoms with Crippen molar-refractivity contribution in [1.29, 1.82) is 0 Å². The summed E-state index contributed by atoms with van der Waals surface area (Å²) in [6.07, 6.45) is 4.85. The second-order valence-electron chi connectivity index (χ2n) is 6.04. The summed E-state index contributed by atoms with van der Waals surface area (Å²) in [4.78, 5) is 20.8. The molecule has 0 radical (unpaired) electrons.